The minimum atomic E-state index is -0.537. The second kappa shape index (κ2) is 8.19. The number of nitro benzene ring substituents is 1. The van der Waals surface area contributed by atoms with Crippen molar-refractivity contribution in [3.8, 4) is 11.5 Å². The number of para-hydroxylation sites is 1. The minimum absolute atomic E-state index is 0.0390. The number of thioether (sulfide) groups is 1. The van der Waals surface area contributed by atoms with Crippen LogP contribution in [-0.4, -0.2) is 26.8 Å². The summed E-state index contributed by atoms with van der Waals surface area (Å²) >= 11 is 6.97. The summed E-state index contributed by atoms with van der Waals surface area (Å²) in [5.41, 5.74) is 1.29. The van der Waals surface area contributed by atoms with Gasteiger partial charge in [-0.2, -0.15) is 0 Å². The van der Waals surface area contributed by atoms with Crippen molar-refractivity contribution in [1.82, 2.24) is 10.2 Å². The molecule has 138 valence electrons. The first-order valence-corrected chi connectivity index (χ1v) is 9.06. The third-order valence-electron chi connectivity index (χ3n) is 3.52. The van der Waals surface area contributed by atoms with E-state index in [1.807, 2.05) is 0 Å². The molecule has 0 aliphatic heterocycles. The Labute approximate surface area is 163 Å². The number of anilines is 1. The van der Waals surface area contributed by atoms with E-state index in [1.165, 1.54) is 6.07 Å². The number of hydrogen-bond donors (Lipinski definition) is 1. The van der Waals surface area contributed by atoms with Gasteiger partial charge >= 0.3 is 0 Å². The molecule has 0 spiro atoms. The van der Waals surface area contributed by atoms with Crippen LogP contribution in [0.4, 0.5) is 11.4 Å². The number of amides is 1. The van der Waals surface area contributed by atoms with Crippen LogP contribution in [0.3, 0.4) is 0 Å². The van der Waals surface area contributed by atoms with Gasteiger partial charge in [0, 0.05) is 16.7 Å². The predicted molar refractivity (Wildman–Crippen MR) is 102 cm³/mol. The van der Waals surface area contributed by atoms with Crippen LogP contribution in [-0.2, 0) is 4.79 Å². The highest BCUT2D eigenvalue weighted by Crippen LogP contribution is 2.29. The lowest BCUT2D eigenvalue weighted by atomic mass is 10.1. The Hall–Kier alpha value is -2.91. The van der Waals surface area contributed by atoms with Gasteiger partial charge in [0.25, 0.3) is 10.9 Å². The molecule has 0 unspecified atom stereocenters. The highest BCUT2D eigenvalue weighted by molar-refractivity contribution is 7.99. The van der Waals surface area contributed by atoms with Crippen molar-refractivity contribution in [3.63, 3.8) is 0 Å². The summed E-state index contributed by atoms with van der Waals surface area (Å²) in [6, 6.07) is 11.5. The summed E-state index contributed by atoms with van der Waals surface area (Å²) in [5.74, 6) is -0.169. The molecule has 8 nitrogen and oxygen atoms in total. The van der Waals surface area contributed by atoms with Gasteiger partial charge in [0.1, 0.15) is 5.69 Å². The first-order valence-electron chi connectivity index (χ1n) is 7.70. The van der Waals surface area contributed by atoms with E-state index in [-0.39, 0.29) is 28.2 Å². The Morgan fingerprint density at radius 3 is 2.81 bits per heavy atom. The molecule has 0 aliphatic carbocycles. The fraction of sp³-hybridized carbons (Fsp3) is 0.118. The Morgan fingerprint density at radius 1 is 1.30 bits per heavy atom. The monoisotopic (exact) mass is 404 g/mol. The van der Waals surface area contributed by atoms with Gasteiger partial charge in [-0.1, -0.05) is 41.6 Å². The van der Waals surface area contributed by atoms with Gasteiger partial charge in [-0.05, 0) is 30.7 Å². The number of nitrogens with zero attached hydrogens (tertiary/aromatic N) is 3. The molecule has 0 atom stereocenters. The molecular formula is C17H13ClN4O4S. The van der Waals surface area contributed by atoms with Gasteiger partial charge in [0.15, 0.2) is 0 Å². The number of hydrogen-bond acceptors (Lipinski definition) is 7. The van der Waals surface area contributed by atoms with Crippen molar-refractivity contribution in [2.75, 3.05) is 11.1 Å². The van der Waals surface area contributed by atoms with Crippen LogP contribution in [0, 0.1) is 17.0 Å². The fourth-order valence-corrected chi connectivity index (χ4v) is 3.03. The second-order valence-corrected chi connectivity index (χ2v) is 6.81. The minimum Gasteiger partial charge on any atom is -0.411 e. The molecule has 0 fully saturated rings. The summed E-state index contributed by atoms with van der Waals surface area (Å²) in [5, 5.41) is 22.2. The van der Waals surface area contributed by atoms with E-state index in [9.17, 15) is 14.9 Å². The first kappa shape index (κ1) is 18.9. The van der Waals surface area contributed by atoms with Crippen molar-refractivity contribution in [3.05, 3.63) is 63.2 Å². The maximum absolute atomic E-state index is 12.2. The zero-order valence-corrected chi connectivity index (χ0v) is 15.6. The van der Waals surface area contributed by atoms with Gasteiger partial charge in [-0.3, -0.25) is 14.9 Å². The van der Waals surface area contributed by atoms with E-state index in [1.54, 1.807) is 43.3 Å². The molecule has 10 heteroatoms. The smallest absolute Gasteiger partial charge is 0.293 e. The van der Waals surface area contributed by atoms with Gasteiger partial charge < -0.3 is 9.73 Å². The summed E-state index contributed by atoms with van der Waals surface area (Å²) < 4.78 is 5.50. The maximum Gasteiger partial charge on any atom is 0.293 e. The molecular weight excluding hydrogens is 392 g/mol. The number of nitro groups is 1. The molecule has 2 aromatic carbocycles. The normalized spacial score (nSPS) is 10.6. The lowest BCUT2D eigenvalue weighted by Crippen LogP contribution is -2.16. The zero-order valence-electron chi connectivity index (χ0n) is 14.0. The lowest BCUT2D eigenvalue weighted by molar-refractivity contribution is -0.384. The molecule has 0 saturated carbocycles. The van der Waals surface area contributed by atoms with Crippen molar-refractivity contribution < 1.29 is 14.1 Å². The summed E-state index contributed by atoms with van der Waals surface area (Å²) in [7, 11) is 0. The number of nitrogens with one attached hydrogen (secondary N) is 1. The number of carbonyl (C=O) groups excluding carboxylic acids is 1. The number of rotatable bonds is 6. The van der Waals surface area contributed by atoms with Crippen LogP contribution in [0.1, 0.15) is 5.56 Å². The molecule has 1 aromatic heterocycles. The first-order chi connectivity index (χ1) is 12.9. The van der Waals surface area contributed by atoms with Gasteiger partial charge in [-0.15, -0.1) is 10.2 Å². The van der Waals surface area contributed by atoms with Crippen molar-refractivity contribution in [2.24, 2.45) is 0 Å². The molecule has 0 radical (unpaired) electrons. The van der Waals surface area contributed by atoms with E-state index < -0.39 is 10.8 Å². The Kier molecular flexibility index (Phi) is 5.72. The predicted octanol–water partition coefficient (Wildman–Crippen LogP) is 4.34. The Morgan fingerprint density at radius 2 is 2.07 bits per heavy atom. The molecule has 1 heterocycles. The number of halogens is 1. The quantitative estimate of drug-likeness (QED) is 0.369. The molecule has 0 saturated heterocycles. The standard InChI is InChI=1S/C17H13ClN4O4S/c1-10-4-2-7-13(22(24)25)15(10)19-14(23)9-27-17-21-20-16(26-17)11-5-3-6-12(18)8-11/h2-8H,9H2,1H3,(H,19,23). The maximum atomic E-state index is 12.2. The number of aromatic nitrogens is 2. The van der Waals surface area contributed by atoms with Crippen molar-refractivity contribution >= 4 is 40.6 Å². The molecule has 1 N–H and O–H groups in total. The van der Waals surface area contributed by atoms with Crippen LogP contribution in [0.2, 0.25) is 5.02 Å². The average Bonchev–Trinajstić information content (AvgIpc) is 3.10. The molecule has 3 aromatic rings. The van der Waals surface area contributed by atoms with Crippen molar-refractivity contribution in [1.29, 1.82) is 0 Å². The third kappa shape index (κ3) is 4.63. The van der Waals surface area contributed by atoms with Crippen LogP contribution in [0.25, 0.3) is 11.5 Å². The summed E-state index contributed by atoms with van der Waals surface area (Å²) in [4.78, 5) is 22.7. The van der Waals surface area contributed by atoms with Crippen LogP contribution >= 0.6 is 23.4 Å². The van der Waals surface area contributed by atoms with Gasteiger partial charge in [-0.25, -0.2) is 0 Å². The Bertz CT molecular complexity index is 1010. The van der Waals surface area contributed by atoms with E-state index in [2.05, 4.69) is 15.5 Å². The molecule has 0 aliphatic rings. The highest BCUT2D eigenvalue weighted by atomic mass is 35.5. The summed E-state index contributed by atoms with van der Waals surface area (Å²) in [6.07, 6.45) is 0. The third-order valence-corrected chi connectivity index (χ3v) is 4.57. The largest absolute Gasteiger partial charge is 0.411 e. The van der Waals surface area contributed by atoms with E-state index >= 15 is 0 Å². The highest BCUT2D eigenvalue weighted by Gasteiger charge is 2.18. The van der Waals surface area contributed by atoms with Crippen LogP contribution in [0.15, 0.2) is 52.1 Å². The van der Waals surface area contributed by atoms with Crippen LogP contribution in [0.5, 0.6) is 0 Å². The SMILES string of the molecule is Cc1cccc([N+](=O)[O-])c1NC(=O)CSc1nnc(-c2cccc(Cl)c2)o1. The van der Waals surface area contributed by atoms with E-state index in [4.69, 9.17) is 16.0 Å². The van der Waals surface area contributed by atoms with Gasteiger partial charge in [0.2, 0.25) is 11.8 Å². The molecule has 3 rings (SSSR count). The number of carbonyl (C=O) groups is 1. The molecule has 0 bridgehead atoms. The molecule has 27 heavy (non-hydrogen) atoms. The topological polar surface area (TPSA) is 111 Å². The fourth-order valence-electron chi connectivity index (χ4n) is 2.28. The summed E-state index contributed by atoms with van der Waals surface area (Å²) in [6.45, 7) is 1.69. The Balaban J connectivity index is 1.65. The number of benzene rings is 2. The zero-order chi connectivity index (χ0) is 19.4. The van der Waals surface area contributed by atoms with E-state index in [0.717, 1.165) is 11.8 Å². The second-order valence-electron chi connectivity index (χ2n) is 5.45. The lowest BCUT2D eigenvalue weighted by Gasteiger charge is -2.08. The number of aryl methyl sites for hydroxylation is 1. The average molecular weight is 405 g/mol. The van der Waals surface area contributed by atoms with Gasteiger partial charge in [0.05, 0.1) is 10.7 Å². The molecule has 1 amide bonds. The van der Waals surface area contributed by atoms with Crippen LogP contribution < -0.4 is 5.32 Å². The van der Waals surface area contributed by atoms with E-state index in [0.29, 0.717) is 16.1 Å². The van der Waals surface area contributed by atoms with Crippen molar-refractivity contribution in [2.45, 2.75) is 12.1 Å².